The standard InChI is InChI=1S/C10H18N2OS/c1-5-8(2)13-9-6-7-12(11-9)10(3,4)14/h6-8,14H,5H2,1-4H3/t8-/m1/s1. The van der Waals surface area contributed by atoms with Gasteiger partial charge in [0.25, 0.3) is 0 Å². The fourth-order valence-electron chi connectivity index (χ4n) is 0.964. The van der Waals surface area contributed by atoms with Gasteiger partial charge in [0, 0.05) is 12.3 Å². The van der Waals surface area contributed by atoms with Gasteiger partial charge in [0.2, 0.25) is 5.88 Å². The molecular weight excluding hydrogens is 196 g/mol. The molecule has 0 N–H and O–H groups in total. The van der Waals surface area contributed by atoms with Crippen LogP contribution in [-0.2, 0) is 4.87 Å². The molecule has 0 aromatic carbocycles. The molecule has 1 aromatic rings. The van der Waals surface area contributed by atoms with E-state index in [1.165, 1.54) is 0 Å². The van der Waals surface area contributed by atoms with Gasteiger partial charge in [-0.3, -0.25) is 4.68 Å². The van der Waals surface area contributed by atoms with Crippen molar-refractivity contribution in [1.29, 1.82) is 0 Å². The maximum absolute atomic E-state index is 5.57. The van der Waals surface area contributed by atoms with E-state index >= 15 is 0 Å². The van der Waals surface area contributed by atoms with E-state index in [0.29, 0.717) is 5.88 Å². The highest BCUT2D eigenvalue weighted by Crippen LogP contribution is 2.21. The summed E-state index contributed by atoms with van der Waals surface area (Å²) in [7, 11) is 0. The fourth-order valence-corrected chi connectivity index (χ4v) is 1.08. The predicted molar refractivity (Wildman–Crippen MR) is 60.9 cm³/mol. The van der Waals surface area contributed by atoms with Crippen LogP contribution in [0.15, 0.2) is 12.3 Å². The molecule has 0 saturated heterocycles. The smallest absolute Gasteiger partial charge is 0.233 e. The average Bonchev–Trinajstić information content (AvgIpc) is 2.51. The van der Waals surface area contributed by atoms with Gasteiger partial charge in [-0.15, -0.1) is 17.7 Å². The SMILES string of the molecule is CC[C@@H](C)Oc1ccn(C(C)(C)S)n1. The lowest BCUT2D eigenvalue weighted by molar-refractivity contribution is 0.205. The highest BCUT2D eigenvalue weighted by molar-refractivity contribution is 7.81. The largest absolute Gasteiger partial charge is 0.474 e. The van der Waals surface area contributed by atoms with Gasteiger partial charge < -0.3 is 4.74 Å². The van der Waals surface area contributed by atoms with Crippen molar-refractivity contribution >= 4 is 12.6 Å². The van der Waals surface area contributed by atoms with E-state index in [4.69, 9.17) is 4.74 Å². The Kier molecular flexibility index (Phi) is 3.48. The second-order valence-corrected chi connectivity index (χ2v) is 5.02. The summed E-state index contributed by atoms with van der Waals surface area (Å²) in [6.45, 7) is 8.08. The van der Waals surface area contributed by atoms with Crippen LogP contribution in [-0.4, -0.2) is 15.9 Å². The van der Waals surface area contributed by atoms with Gasteiger partial charge in [-0.2, -0.15) is 0 Å². The third kappa shape index (κ3) is 2.94. The summed E-state index contributed by atoms with van der Waals surface area (Å²) >= 11 is 4.42. The van der Waals surface area contributed by atoms with Crippen molar-refractivity contribution in [3.05, 3.63) is 12.3 Å². The lowest BCUT2D eigenvalue weighted by atomic mass is 10.3. The van der Waals surface area contributed by atoms with Gasteiger partial charge in [-0.25, -0.2) is 0 Å². The van der Waals surface area contributed by atoms with Crippen LogP contribution in [0.2, 0.25) is 0 Å². The fraction of sp³-hybridized carbons (Fsp3) is 0.700. The van der Waals surface area contributed by atoms with Crippen LogP contribution in [0.3, 0.4) is 0 Å². The lowest BCUT2D eigenvalue weighted by Gasteiger charge is -2.17. The number of aromatic nitrogens is 2. The minimum atomic E-state index is -0.281. The molecule has 1 atom stereocenters. The average molecular weight is 214 g/mol. The van der Waals surface area contributed by atoms with E-state index in [1.807, 2.05) is 33.0 Å². The molecule has 0 spiro atoms. The van der Waals surface area contributed by atoms with Crippen LogP contribution in [0.1, 0.15) is 34.1 Å². The molecule has 0 aliphatic rings. The summed E-state index contributed by atoms with van der Waals surface area (Å²) < 4.78 is 7.36. The van der Waals surface area contributed by atoms with Crippen molar-refractivity contribution in [2.75, 3.05) is 0 Å². The molecule has 0 amide bonds. The molecule has 4 heteroatoms. The topological polar surface area (TPSA) is 27.1 Å². The van der Waals surface area contributed by atoms with E-state index in [2.05, 4.69) is 24.7 Å². The number of hydrogen-bond acceptors (Lipinski definition) is 3. The highest BCUT2D eigenvalue weighted by atomic mass is 32.1. The molecular formula is C10H18N2OS. The molecule has 1 rings (SSSR count). The van der Waals surface area contributed by atoms with Gasteiger partial charge >= 0.3 is 0 Å². The molecule has 80 valence electrons. The molecule has 0 fully saturated rings. The molecule has 0 unspecified atom stereocenters. The zero-order valence-corrected chi connectivity index (χ0v) is 10.1. The van der Waals surface area contributed by atoms with Gasteiger partial charge in [0.15, 0.2) is 0 Å². The molecule has 14 heavy (non-hydrogen) atoms. The third-order valence-corrected chi connectivity index (χ3v) is 2.23. The molecule has 0 aliphatic carbocycles. The number of ether oxygens (including phenoxy) is 1. The van der Waals surface area contributed by atoms with Crippen molar-refractivity contribution in [3.8, 4) is 5.88 Å². The van der Waals surface area contributed by atoms with E-state index < -0.39 is 0 Å². The Balaban J connectivity index is 2.69. The Morgan fingerprint density at radius 3 is 2.71 bits per heavy atom. The Morgan fingerprint density at radius 2 is 2.29 bits per heavy atom. The van der Waals surface area contributed by atoms with Crippen LogP contribution in [0, 0.1) is 0 Å². The van der Waals surface area contributed by atoms with Crippen LogP contribution in [0.25, 0.3) is 0 Å². The van der Waals surface area contributed by atoms with Crippen molar-refractivity contribution < 1.29 is 4.74 Å². The monoisotopic (exact) mass is 214 g/mol. The lowest BCUT2D eigenvalue weighted by Crippen LogP contribution is -2.19. The summed E-state index contributed by atoms with van der Waals surface area (Å²) in [4.78, 5) is -0.281. The summed E-state index contributed by atoms with van der Waals surface area (Å²) in [5.74, 6) is 0.668. The van der Waals surface area contributed by atoms with Crippen LogP contribution >= 0.6 is 12.6 Å². The zero-order chi connectivity index (χ0) is 10.8. The van der Waals surface area contributed by atoms with E-state index in [0.717, 1.165) is 6.42 Å². The highest BCUT2D eigenvalue weighted by Gasteiger charge is 2.15. The molecule has 0 saturated carbocycles. The van der Waals surface area contributed by atoms with E-state index in [1.54, 1.807) is 4.68 Å². The molecule has 3 nitrogen and oxygen atoms in total. The van der Waals surface area contributed by atoms with Gasteiger partial charge in [-0.1, -0.05) is 6.92 Å². The van der Waals surface area contributed by atoms with Crippen LogP contribution in [0.4, 0.5) is 0 Å². The number of thiol groups is 1. The first-order valence-electron chi connectivity index (χ1n) is 4.88. The minimum Gasteiger partial charge on any atom is -0.474 e. The number of rotatable bonds is 4. The molecule has 0 aliphatic heterocycles. The van der Waals surface area contributed by atoms with E-state index in [-0.39, 0.29) is 11.0 Å². The van der Waals surface area contributed by atoms with Gasteiger partial charge in [-0.05, 0) is 27.2 Å². The Hall–Kier alpha value is -0.640. The summed E-state index contributed by atoms with van der Waals surface area (Å²) in [5, 5.41) is 4.29. The molecule has 1 aromatic heterocycles. The Morgan fingerprint density at radius 1 is 1.64 bits per heavy atom. The van der Waals surface area contributed by atoms with E-state index in [9.17, 15) is 0 Å². The van der Waals surface area contributed by atoms with Gasteiger partial charge in [0.05, 0.1) is 11.0 Å². The third-order valence-electron chi connectivity index (χ3n) is 2.02. The maximum atomic E-state index is 5.57. The molecule has 0 bridgehead atoms. The van der Waals surface area contributed by atoms with Crippen molar-refractivity contribution in [3.63, 3.8) is 0 Å². The first kappa shape index (κ1) is 11.4. The van der Waals surface area contributed by atoms with Crippen LogP contribution in [0.5, 0.6) is 5.88 Å². The second-order valence-electron chi connectivity index (χ2n) is 3.93. The zero-order valence-electron chi connectivity index (χ0n) is 9.19. The number of hydrogen-bond donors (Lipinski definition) is 1. The van der Waals surface area contributed by atoms with Crippen molar-refractivity contribution in [2.24, 2.45) is 0 Å². The molecule has 0 radical (unpaired) electrons. The predicted octanol–water partition coefficient (Wildman–Crippen LogP) is 2.68. The summed E-state index contributed by atoms with van der Waals surface area (Å²) in [6.07, 6.45) is 3.07. The Bertz CT molecular complexity index is 291. The first-order chi connectivity index (χ1) is 6.43. The molecule has 1 heterocycles. The first-order valence-corrected chi connectivity index (χ1v) is 5.33. The van der Waals surface area contributed by atoms with Gasteiger partial charge in [0.1, 0.15) is 0 Å². The van der Waals surface area contributed by atoms with Crippen molar-refractivity contribution in [2.45, 2.75) is 45.1 Å². The number of nitrogens with zero attached hydrogens (tertiary/aromatic N) is 2. The Labute approximate surface area is 90.9 Å². The van der Waals surface area contributed by atoms with Crippen LogP contribution < -0.4 is 4.74 Å². The maximum Gasteiger partial charge on any atom is 0.233 e. The summed E-state index contributed by atoms with van der Waals surface area (Å²) in [5.41, 5.74) is 0. The quantitative estimate of drug-likeness (QED) is 0.780. The minimum absolute atomic E-state index is 0.210. The van der Waals surface area contributed by atoms with Crippen molar-refractivity contribution in [1.82, 2.24) is 9.78 Å². The summed E-state index contributed by atoms with van der Waals surface area (Å²) in [6, 6.07) is 1.87. The normalized spacial score (nSPS) is 14.1. The second kappa shape index (κ2) is 4.26.